The zero-order valence-electron chi connectivity index (χ0n) is 16.5. The smallest absolute Gasteiger partial charge is 0.342 e. The van der Waals surface area contributed by atoms with Crippen LogP contribution < -0.4 is 0 Å². The number of hydrogen-bond donors (Lipinski definition) is 0. The fourth-order valence-corrected chi connectivity index (χ4v) is 2.95. The Morgan fingerprint density at radius 3 is 1.89 bits per heavy atom. The van der Waals surface area contributed by atoms with Crippen LogP contribution in [0, 0.1) is 5.92 Å². The molecule has 0 saturated carbocycles. The molecule has 0 aromatic heterocycles. The topological polar surface area (TPSA) is 96.0 Å². The highest BCUT2D eigenvalue weighted by atomic mass is 16.6. The van der Waals surface area contributed by atoms with Crippen molar-refractivity contribution in [2.24, 2.45) is 5.92 Å². The lowest BCUT2D eigenvalue weighted by Gasteiger charge is -2.14. The molecule has 0 saturated heterocycles. The molecular weight excluding hydrogens is 352 g/mol. The summed E-state index contributed by atoms with van der Waals surface area (Å²) in [6.45, 7) is 5.58. The summed E-state index contributed by atoms with van der Waals surface area (Å²) < 4.78 is 14.5. The van der Waals surface area contributed by atoms with Gasteiger partial charge in [-0.3, -0.25) is 9.59 Å². The molecule has 1 aliphatic rings. The Morgan fingerprint density at radius 2 is 1.33 bits per heavy atom. The second kappa shape index (κ2) is 12.3. The summed E-state index contributed by atoms with van der Waals surface area (Å²) in [5, 5.41) is 0. The molecule has 152 valence electrons. The van der Waals surface area contributed by atoms with Crippen LogP contribution in [-0.4, -0.2) is 37.1 Å². The SMILES string of the molecule is CCCCCCCCC1=C(CC(C(=O)OCC)C(=O)OCC)C(=O)OC1=O. The third-order valence-electron chi connectivity index (χ3n) is 4.37. The number of rotatable bonds is 13. The lowest BCUT2D eigenvalue weighted by Crippen LogP contribution is -2.29. The molecule has 7 nitrogen and oxygen atoms in total. The number of hydrogen-bond acceptors (Lipinski definition) is 7. The zero-order chi connectivity index (χ0) is 20.2. The molecule has 1 aliphatic heterocycles. The largest absolute Gasteiger partial charge is 0.465 e. The Kier molecular flexibility index (Phi) is 10.4. The maximum atomic E-state index is 12.1. The number of unbranched alkanes of at least 4 members (excludes halogenated alkanes) is 5. The van der Waals surface area contributed by atoms with Crippen LogP contribution in [0.25, 0.3) is 0 Å². The van der Waals surface area contributed by atoms with Gasteiger partial charge in [0.05, 0.1) is 13.2 Å². The predicted molar refractivity (Wildman–Crippen MR) is 97.5 cm³/mol. The van der Waals surface area contributed by atoms with Gasteiger partial charge in [0, 0.05) is 17.6 Å². The predicted octanol–water partition coefficient (Wildman–Crippen LogP) is 3.25. The van der Waals surface area contributed by atoms with Crippen molar-refractivity contribution in [3.8, 4) is 0 Å². The summed E-state index contributed by atoms with van der Waals surface area (Å²) in [7, 11) is 0. The molecule has 0 bridgehead atoms. The van der Waals surface area contributed by atoms with E-state index < -0.39 is 29.8 Å². The molecule has 0 amide bonds. The van der Waals surface area contributed by atoms with Crippen LogP contribution in [0.4, 0.5) is 0 Å². The molecule has 0 radical (unpaired) electrons. The average molecular weight is 382 g/mol. The van der Waals surface area contributed by atoms with Crippen molar-refractivity contribution < 1.29 is 33.4 Å². The Morgan fingerprint density at radius 1 is 0.815 bits per heavy atom. The molecule has 27 heavy (non-hydrogen) atoms. The summed E-state index contributed by atoms with van der Waals surface area (Å²) in [4.78, 5) is 48.3. The molecule has 0 aromatic rings. The van der Waals surface area contributed by atoms with Gasteiger partial charge >= 0.3 is 23.9 Å². The highest BCUT2D eigenvalue weighted by molar-refractivity contribution is 6.13. The first-order valence-electron chi connectivity index (χ1n) is 9.77. The van der Waals surface area contributed by atoms with Crippen molar-refractivity contribution >= 4 is 23.9 Å². The summed E-state index contributed by atoms with van der Waals surface area (Å²) in [5.41, 5.74) is 0.341. The molecule has 7 heteroatoms. The van der Waals surface area contributed by atoms with E-state index in [-0.39, 0.29) is 30.8 Å². The van der Waals surface area contributed by atoms with Crippen LogP contribution in [-0.2, 0) is 33.4 Å². The molecule has 0 N–H and O–H groups in total. The minimum Gasteiger partial charge on any atom is -0.465 e. The fourth-order valence-electron chi connectivity index (χ4n) is 2.95. The van der Waals surface area contributed by atoms with E-state index in [0.717, 1.165) is 32.1 Å². The van der Waals surface area contributed by atoms with Crippen LogP contribution in [0.5, 0.6) is 0 Å². The maximum Gasteiger partial charge on any atom is 0.342 e. The van der Waals surface area contributed by atoms with Gasteiger partial charge in [-0.25, -0.2) is 9.59 Å². The van der Waals surface area contributed by atoms with Crippen molar-refractivity contribution in [1.82, 2.24) is 0 Å². The second-order valence-corrected chi connectivity index (χ2v) is 6.41. The van der Waals surface area contributed by atoms with Crippen LogP contribution in [0.15, 0.2) is 11.1 Å². The number of ether oxygens (including phenoxy) is 3. The lowest BCUT2D eigenvalue weighted by molar-refractivity contribution is -0.161. The van der Waals surface area contributed by atoms with Crippen molar-refractivity contribution in [2.75, 3.05) is 13.2 Å². The van der Waals surface area contributed by atoms with Crippen molar-refractivity contribution in [2.45, 2.75) is 72.1 Å². The highest BCUT2D eigenvalue weighted by Gasteiger charge is 2.39. The van der Waals surface area contributed by atoms with E-state index in [1.165, 1.54) is 6.42 Å². The molecule has 0 spiro atoms. The Hall–Kier alpha value is -2.18. The fraction of sp³-hybridized carbons (Fsp3) is 0.700. The van der Waals surface area contributed by atoms with Gasteiger partial charge in [0.25, 0.3) is 0 Å². The van der Waals surface area contributed by atoms with E-state index >= 15 is 0 Å². The first-order valence-corrected chi connectivity index (χ1v) is 9.77. The van der Waals surface area contributed by atoms with Gasteiger partial charge < -0.3 is 14.2 Å². The van der Waals surface area contributed by atoms with E-state index in [2.05, 4.69) is 6.92 Å². The van der Waals surface area contributed by atoms with Gasteiger partial charge in [-0.1, -0.05) is 39.0 Å². The van der Waals surface area contributed by atoms with Gasteiger partial charge in [-0.15, -0.1) is 0 Å². The summed E-state index contributed by atoms with van der Waals surface area (Å²) in [6.07, 6.45) is 6.37. The third-order valence-corrected chi connectivity index (χ3v) is 4.37. The molecule has 0 atom stereocenters. The van der Waals surface area contributed by atoms with E-state index in [9.17, 15) is 19.2 Å². The minimum atomic E-state index is -1.28. The van der Waals surface area contributed by atoms with Crippen LogP contribution in [0.3, 0.4) is 0 Å². The monoisotopic (exact) mass is 382 g/mol. The minimum absolute atomic E-state index is 0.0830. The lowest BCUT2D eigenvalue weighted by atomic mass is 9.94. The number of esters is 4. The first-order chi connectivity index (χ1) is 13.0. The molecular formula is C20H30O7. The van der Waals surface area contributed by atoms with Crippen molar-refractivity contribution in [3.63, 3.8) is 0 Å². The first kappa shape index (κ1) is 22.9. The van der Waals surface area contributed by atoms with E-state index in [4.69, 9.17) is 14.2 Å². The van der Waals surface area contributed by atoms with Crippen LogP contribution in [0.1, 0.15) is 72.1 Å². The molecule has 0 fully saturated rings. The van der Waals surface area contributed by atoms with E-state index in [1.54, 1.807) is 13.8 Å². The van der Waals surface area contributed by atoms with Gasteiger partial charge in [0.1, 0.15) is 0 Å². The molecule has 1 heterocycles. The number of carbonyl (C=O) groups is 4. The highest BCUT2D eigenvalue weighted by Crippen LogP contribution is 2.29. The van der Waals surface area contributed by atoms with Gasteiger partial charge in [0.2, 0.25) is 0 Å². The third kappa shape index (κ3) is 7.15. The standard InChI is InChI=1S/C20H30O7/c1-4-7-8-9-10-11-12-14-15(20(24)27-19(14)23)13-16(17(21)25-5-2)18(22)26-6-3/h16H,4-13H2,1-3H3. The Balaban J connectivity index is 2.85. The maximum absolute atomic E-state index is 12.1. The normalized spacial score (nSPS) is 13.9. The van der Waals surface area contributed by atoms with Crippen LogP contribution >= 0.6 is 0 Å². The average Bonchev–Trinajstić information content (AvgIpc) is 2.89. The number of carbonyl (C=O) groups excluding carboxylic acids is 4. The molecule has 0 unspecified atom stereocenters. The van der Waals surface area contributed by atoms with Gasteiger partial charge in [0.15, 0.2) is 5.92 Å². The summed E-state index contributed by atoms with van der Waals surface area (Å²) in [5.74, 6) is -4.29. The second-order valence-electron chi connectivity index (χ2n) is 6.41. The Bertz CT molecular complexity index is 559. The summed E-state index contributed by atoms with van der Waals surface area (Å²) in [6, 6.07) is 0. The van der Waals surface area contributed by atoms with Crippen molar-refractivity contribution in [3.05, 3.63) is 11.1 Å². The van der Waals surface area contributed by atoms with Crippen LogP contribution in [0.2, 0.25) is 0 Å². The van der Waals surface area contributed by atoms with Crippen molar-refractivity contribution in [1.29, 1.82) is 0 Å². The molecule has 0 aliphatic carbocycles. The van der Waals surface area contributed by atoms with E-state index in [0.29, 0.717) is 6.42 Å². The molecule has 0 aromatic carbocycles. The summed E-state index contributed by atoms with van der Waals surface area (Å²) >= 11 is 0. The molecule has 1 rings (SSSR count). The quantitative estimate of drug-likeness (QED) is 0.209. The zero-order valence-corrected chi connectivity index (χ0v) is 16.5. The van der Waals surface area contributed by atoms with Gasteiger partial charge in [-0.2, -0.15) is 0 Å². The van der Waals surface area contributed by atoms with E-state index in [1.807, 2.05) is 0 Å². The number of cyclic esters (lactones) is 2. The van der Waals surface area contributed by atoms with Gasteiger partial charge in [-0.05, 0) is 26.7 Å². The Labute approximate surface area is 160 Å².